The van der Waals surface area contributed by atoms with Gasteiger partial charge >= 0.3 is 5.69 Å². The van der Waals surface area contributed by atoms with Crippen molar-refractivity contribution in [3.63, 3.8) is 0 Å². The maximum Gasteiger partial charge on any atom is 0.385 e. The van der Waals surface area contributed by atoms with Crippen molar-refractivity contribution in [3.8, 4) is 0 Å². The van der Waals surface area contributed by atoms with Gasteiger partial charge in [-0.25, -0.2) is 8.42 Å². The quantitative estimate of drug-likeness (QED) is 0.862. The third-order valence-electron chi connectivity index (χ3n) is 2.29. The molecule has 0 aliphatic carbocycles. The molecule has 90 valence electrons. The smallest absolute Gasteiger partial charge is 0.280 e. The fraction of sp³-hybridized carbons (Fsp3) is 0. The Morgan fingerprint density at radius 1 is 0.944 bits per heavy atom. The van der Waals surface area contributed by atoms with Gasteiger partial charge in [0.15, 0.2) is 4.98 Å². The first-order valence-corrected chi connectivity index (χ1v) is 6.63. The minimum Gasteiger partial charge on any atom is -0.280 e. The van der Waals surface area contributed by atoms with Crippen LogP contribution in [0.1, 0.15) is 0 Å². The Labute approximate surface area is 105 Å². The molecule has 0 fully saturated rings. The molecule has 0 aromatic heterocycles. The highest BCUT2D eigenvalue weighted by molar-refractivity contribution is 7.92. The maximum absolute atomic E-state index is 12.0. The van der Waals surface area contributed by atoms with Crippen molar-refractivity contribution in [3.05, 3.63) is 59.6 Å². The molecule has 2 aromatic rings. The van der Waals surface area contributed by atoms with Gasteiger partial charge in [-0.1, -0.05) is 18.2 Å². The molecule has 18 heavy (non-hydrogen) atoms. The van der Waals surface area contributed by atoms with E-state index in [0.717, 1.165) is 0 Å². The van der Waals surface area contributed by atoms with Gasteiger partial charge in [-0.3, -0.25) is 4.72 Å². The standard InChI is InChI=1S/C12H10N3O2S/c13-14-10-6-8-12(9-7-10)18(16,17)15-11-4-2-1-3-5-11/h1-9,15H/q+1. The molecule has 0 heterocycles. The first kappa shape index (κ1) is 12.1. The molecular weight excluding hydrogens is 250 g/mol. The summed E-state index contributed by atoms with van der Waals surface area (Å²) in [6.07, 6.45) is 0. The van der Waals surface area contributed by atoms with Crippen LogP contribution in [-0.2, 0) is 10.0 Å². The van der Waals surface area contributed by atoms with Crippen molar-refractivity contribution in [1.29, 1.82) is 5.39 Å². The number of diazo groups is 1. The second-order valence-corrected chi connectivity index (χ2v) is 5.25. The average Bonchev–Trinajstić information content (AvgIpc) is 2.39. The highest BCUT2D eigenvalue weighted by Gasteiger charge is 2.15. The number of anilines is 1. The zero-order valence-electron chi connectivity index (χ0n) is 9.32. The summed E-state index contributed by atoms with van der Waals surface area (Å²) in [5, 5.41) is 8.53. The van der Waals surface area contributed by atoms with Crippen molar-refractivity contribution in [2.24, 2.45) is 0 Å². The van der Waals surface area contributed by atoms with Crippen LogP contribution in [0.5, 0.6) is 0 Å². The normalized spacial score (nSPS) is 10.6. The second kappa shape index (κ2) is 4.85. The molecule has 0 aliphatic rings. The summed E-state index contributed by atoms with van der Waals surface area (Å²) < 4.78 is 26.4. The topological polar surface area (TPSA) is 74.3 Å². The Hall–Kier alpha value is -2.39. The van der Waals surface area contributed by atoms with Gasteiger partial charge in [0.2, 0.25) is 5.39 Å². The maximum atomic E-state index is 12.0. The van der Waals surface area contributed by atoms with Gasteiger partial charge in [0, 0.05) is 17.8 Å². The highest BCUT2D eigenvalue weighted by atomic mass is 32.2. The molecule has 2 rings (SSSR count). The molecule has 0 radical (unpaired) electrons. The van der Waals surface area contributed by atoms with E-state index in [-0.39, 0.29) is 4.90 Å². The zero-order valence-corrected chi connectivity index (χ0v) is 10.1. The first-order chi connectivity index (χ1) is 8.62. The van der Waals surface area contributed by atoms with Gasteiger partial charge in [-0.2, -0.15) is 0 Å². The lowest BCUT2D eigenvalue weighted by Gasteiger charge is -2.06. The van der Waals surface area contributed by atoms with Crippen molar-refractivity contribution in [2.45, 2.75) is 4.90 Å². The van der Waals surface area contributed by atoms with Crippen LogP contribution < -0.4 is 4.72 Å². The van der Waals surface area contributed by atoms with E-state index in [9.17, 15) is 8.42 Å². The van der Waals surface area contributed by atoms with E-state index in [4.69, 9.17) is 5.39 Å². The van der Waals surface area contributed by atoms with Crippen LogP contribution in [0.3, 0.4) is 0 Å². The van der Waals surface area contributed by atoms with Crippen LogP contribution in [0.2, 0.25) is 0 Å². The molecule has 0 unspecified atom stereocenters. The molecule has 6 heteroatoms. The SMILES string of the molecule is N#[N+]c1ccc(S(=O)(=O)Nc2ccccc2)cc1. The number of para-hydroxylation sites is 1. The van der Waals surface area contributed by atoms with Gasteiger partial charge in [0.25, 0.3) is 10.0 Å². The van der Waals surface area contributed by atoms with Crippen molar-refractivity contribution in [2.75, 3.05) is 4.72 Å². The summed E-state index contributed by atoms with van der Waals surface area (Å²) in [7, 11) is -3.61. The van der Waals surface area contributed by atoms with Crippen LogP contribution in [-0.4, -0.2) is 8.42 Å². The summed E-state index contributed by atoms with van der Waals surface area (Å²) in [6, 6.07) is 14.2. The number of hydrogen-bond donors (Lipinski definition) is 1. The lowest BCUT2D eigenvalue weighted by atomic mass is 10.3. The number of rotatable bonds is 3. The lowest BCUT2D eigenvalue weighted by molar-refractivity contribution is 0.601. The summed E-state index contributed by atoms with van der Waals surface area (Å²) >= 11 is 0. The van der Waals surface area contributed by atoms with Gasteiger partial charge in [-0.15, -0.1) is 0 Å². The number of benzene rings is 2. The number of nitrogens with zero attached hydrogens (tertiary/aromatic N) is 2. The molecule has 0 aliphatic heterocycles. The number of sulfonamides is 1. The molecular formula is C12H10N3O2S+. The van der Waals surface area contributed by atoms with Crippen molar-refractivity contribution in [1.82, 2.24) is 0 Å². The fourth-order valence-electron chi connectivity index (χ4n) is 1.41. The minimum absolute atomic E-state index is 0.110. The molecule has 1 N–H and O–H groups in total. The average molecular weight is 260 g/mol. The molecule has 0 bridgehead atoms. The summed E-state index contributed by atoms with van der Waals surface area (Å²) in [6.45, 7) is 0. The second-order valence-electron chi connectivity index (χ2n) is 3.57. The predicted octanol–water partition coefficient (Wildman–Crippen LogP) is 2.97. The predicted molar refractivity (Wildman–Crippen MR) is 68.4 cm³/mol. The third kappa shape index (κ3) is 2.64. The Morgan fingerprint density at radius 2 is 1.56 bits per heavy atom. The lowest BCUT2D eigenvalue weighted by Crippen LogP contribution is -2.12. The van der Waals surface area contributed by atoms with E-state index in [1.807, 2.05) is 0 Å². The van der Waals surface area contributed by atoms with Crippen molar-refractivity contribution >= 4 is 21.4 Å². The monoisotopic (exact) mass is 260 g/mol. The molecule has 5 nitrogen and oxygen atoms in total. The van der Waals surface area contributed by atoms with Gasteiger partial charge < -0.3 is 0 Å². The van der Waals surface area contributed by atoms with Crippen LogP contribution in [0.15, 0.2) is 59.5 Å². The number of nitrogens with one attached hydrogen (secondary N) is 1. The van der Waals surface area contributed by atoms with Crippen LogP contribution >= 0.6 is 0 Å². The summed E-state index contributed by atoms with van der Waals surface area (Å²) in [4.78, 5) is 3.07. The first-order valence-electron chi connectivity index (χ1n) is 5.15. The van der Waals surface area contributed by atoms with Crippen LogP contribution in [0, 0.1) is 5.39 Å². The Balaban J connectivity index is 2.29. The van der Waals surface area contributed by atoms with Gasteiger partial charge in [0.1, 0.15) is 0 Å². The molecule has 2 aromatic carbocycles. The van der Waals surface area contributed by atoms with Crippen molar-refractivity contribution < 1.29 is 8.42 Å². The van der Waals surface area contributed by atoms with Gasteiger partial charge in [-0.05, 0) is 24.3 Å². The minimum atomic E-state index is -3.61. The van der Waals surface area contributed by atoms with Gasteiger partial charge in [0.05, 0.1) is 4.90 Å². The molecule has 0 amide bonds. The van der Waals surface area contributed by atoms with E-state index in [1.165, 1.54) is 24.3 Å². The third-order valence-corrected chi connectivity index (χ3v) is 3.69. The Morgan fingerprint density at radius 3 is 2.11 bits per heavy atom. The number of hydrogen-bond acceptors (Lipinski definition) is 3. The fourth-order valence-corrected chi connectivity index (χ4v) is 2.47. The summed E-state index contributed by atoms with van der Waals surface area (Å²) in [5.41, 5.74) is 0.794. The molecule has 0 spiro atoms. The largest absolute Gasteiger partial charge is 0.385 e. The highest BCUT2D eigenvalue weighted by Crippen LogP contribution is 2.19. The Kier molecular flexibility index (Phi) is 3.26. The van der Waals surface area contributed by atoms with E-state index in [0.29, 0.717) is 11.4 Å². The Bertz CT molecular complexity index is 674. The van der Waals surface area contributed by atoms with E-state index >= 15 is 0 Å². The van der Waals surface area contributed by atoms with E-state index in [1.54, 1.807) is 30.3 Å². The molecule has 0 atom stereocenters. The zero-order chi connectivity index (χ0) is 13.0. The van der Waals surface area contributed by atoms with Crippen LogP contribution in [0.25, 0.3) is 4.98 Å². The van der Waals surface area contributed by atoms with E-state index in [2.05, 4.69) is 9.70 Å². The molecule has 0 saturated heterocycles. The van der Waals surface area contributed by atoms with E-state index < -0.39 is 10.0 Å². The summed E-state index contributed by atoms with van der Waals surface area (Å²) in [5.74, 6) is 0. The van der Waals surface area contributed by atoms with Crippen LogP contribution in [0.4, 0.5) is 11.4 Å². The molecule has 0 saturated carbocycles.